The summed E-state index contributed by atoms with van der Waals surface area (Å²) in [6.45, 7) is 10.5. The SMILES string of the molecule is CC1=C(C(=O)Nc2ccccc2)C(c2ccc(C(C)C)cc2)n2c(s/c(=C\c3ccc(C(C)C)cc3)c2=O)=N1. The summed E-state index contributed by atoms with van der Waals surface area (Å²) in [5.74, 6) is 0.551. The van der Waals surface area contributed by atoms with Gasteiger partial charge in [0.05, 0.1) is 21.8 Å². The fourth-order valence-corrected chi connectivity index (χ4v) is 5.89. The lowest BCUT2D eigenvalue weighted by Crippen LogP contribution is -2.40. The zero-order chi connectivity index (χ0) is 27.7. The molecule has 0 saturated carbocycles. The number of hydrogen-bond donors (Lipinski definition) is 1. The molecule has 39 heavy (non-hydrogen) atoms. The molecule has 198 valence electrons. The third-order valence-electron chi connectivity index (χ3n) is 7.12. The van der Waals surface area contributed by atoms with Crippen LogP contribution in [-0.4, -0.2) is 10.5 Å². The van der Waals surface area contributed by atoms with Gasteiger partial charge in [-0.1, -0.05) is 106 Å². The van der Waals surface area contributed by atoms with Gasteiger partial charge >= 0.3 is 0 Å². The molecule has 1 atom stereocenters. The highest BCUT2D eigenvalue weighted by Gasteiger charge is 2.32. The molecule has 0 bridgehead atoms. The van der Waals surface area contributed by atoms with Gasteiger partial charge in [0.15, 0.2) is 4.80 Å². The molecule has 1 amide bonds. The summed E-state index contributed by atoms with van der Waals surface area (Å²) in [5, 5.41) is 3.01. The van der Waals surface area contributed by atoms with E-state index in [-0.39, 0.29) is 11.5 Å². The van der Waals surface area contributed by atoms with E-state index in [1.165, 1.54) is 22.5 Å². The lowest BCUT2D eigenvalue weighted by atomic mass is 9.93. The Balaban J connectivity index is 1.64. The van der Waals surface area contributed by atoms with Crippen LogP contribution in [0.1, 0.15) is 74.8 Å². The first-order valence-corrected chi connectivity index (χ1v) is 14.1. The molecule has 1 aromatic heterocycles. The topological polar surface area (TPSA) is 63.5 Å². The Morgan fingerprint density at radius 3 is 2.08 bits per heavy atom. The Kier molecular flexibility index (Phi) is 7.49. The van der Waals surface area contributed by atoms with E-state index in [1.54, 1.807) is 4.57 Å². The van der Waals surface area contributed by atoms with Crippen LogP contribution >= 0.6 is 11.3 Å². The van der Waals surface area contributed by atoms with Gasteiger partial charge in [-0.25, -0.2) is 4.99 Å². The van der Waals surface area contributed by atoms with Crippen molar-refractivity contribution in [2.75, 3.05) is 5.32 Å². The lowest BCUT2D eigenvalue weighted by Gasteiger charge is -2.25. The monoisotopic (exact) mass is 535 g/mol. The Morgan fingerprint density at radius 1 is 0.897 bits per heavy atom. The molecule has 5 nitrogen and oxygen atoms in total. The van der Waals surface area contributed by atoms with Crippen molar-refractivity contribution in [2.45, 2.75) is 52.5 Å². The molecule has 0 saturated heterocycles. The molecular formula is C33H33N3O2S. The van der Waals surface area contributed by atoms with Gasteiger partial charge in [-0.2, -0.15) is 0 Å². The highest BCUT2D eigenvalue weighted by molar-refractivity contribution is 7.07. The second kappa shape index (κ2) is 11.0. The average molecular weight is 536 g/mol. The Hall–Kier alpha value is -4.03. The quantitative estimate of drug-likeness (QED) is 0.323. The second-order valence-corrected chi connectivity index (χ2v) is 11.6. The fourth-order valence-electron chi connectivity index (χ4n) is 4.84. The van der Waals surface area contributed by atoms with Crippen LogP contribution in [0, 0.1) is 0 Å². The highest BCUT2D eigenvalue weighted by atomic mass is 32.1. The van der Waals surface area contributed by atoms with Gasteiger partial charge in [0.25, 0.3) is 11.5 Å². The Bertz CT molecular complexity index is 1710. The predicted molar refractivity (Wildman–Crippen MR) is 160 cm³/mol. The first-order valence-electron chi connectivity index (χ1n) is 13.3. The van der Waals surface area contributed by atoms with E-state index in [9.17, 15) is 9.59 Å². The van der Waals surface area contributed by atoms with Crippen molar-refractivity contribution in [1.29, 1.82) is 0 Å². The predicted octanol–water partition coefficient (Wildman–Crippen LogP) is 6.12. The van der Waals surface area contributed by atoms with E-state index < -0.39 is 6.04 Å². The minimum absolute atomic E-state index is 0.151. The Labute approximate surface area is 232 Å². The van der Waals surface area contributed by atoms with Crippen LogP contribution in [0.5, 0.6) is 0 Å². The molecule has 1 aliphatic rings. The van der Waals surface area contributed by atoms with E-state index in [0.717, 1.165) is 11.1 Å². The maximum absolute atomic E-state index is 13.9. The molecule has 5 rings (SSSR count). The summed E-state index contributed by atoms with van der Waals surface area (Å²) < 4.78 is 2.27. The van der Waals surface area contributed by atoms with Crippen molar-refractivity contribution < 1.29 is 4.79 Å². The summed E-state index contributed by atoms with van der Waals surface area (Å²) in [6, 6.07) is 25.3. The zero-order valence-electron chi connectivity index (χ0n) is 22.9. The largest absolute Gasteiger partial charge is 0.322 e. The van der Waals surface area contributed by atoms with Gasteiger partial charge in [0, 0.05) is 5.69 Å². The number of para-hydroxylation sites is 1. The van der Waals surface area contributed by atoms with Crippen molar-refractivity contribution in [3.8, 4) is 0 Å². The van der Waals surface area contributed by atoms with Crippen LogP contribution in [0.3, 0.4) is 0 Å². The molecule has 2 heterocycles. The van der Waals surface area contributed by atoms with E-state index in [4.69, 9.17) is 4.99 Å². The van der Waals surface area contributed by atoms with E-state index in [2.05, 4.69) is 57.3 Å². The molecule has 0 fully saturated rings. The van der Waals surface area contributed by atoms with Crippen LogP contribution < -0.4 is 20.2 Å². The van der Waals surface area contributed by atoms with Crippen LogP contribution in [0.4, 0.5) is 5.69 Å². The number of carbonyl (C=O) groups is 1. The van der Waals surface area contributed by atoms with E-state index >= 15 is 0 Å². The number of rotatable bonds is 6. The average Bonchev–Trinajstić information content (AvgIpc) is 3.22. The molecule has 1 N–H and O–H groups in total. The van der Waals surface area contributed by atoms with Crippen LogP contribution in [-0.2, 0) is 4.79 Å². The number of allylic oxidation sites excluding steroid dienone is 1. The summed E-state index contributed by atoms with van der Waals surface area (Å²) in [4.78, 5) is 33.0. The van der Waals surface area contributed by atoms with Crippen LogP contribution in [0.25, 0.3) is 6.08 Å². The van der Waals surface area contributed by atoms with Crippen molar-refractivity contribution in [1.82, 2.24) is 4.57 Å². The number of fused-ring (bicyclic) bond motifs is 1. The molecule has 3 aromatic carbocycles. The van der Waals surface area contributed by atoms with Gasteiger partial charge in [0.2, 0.25) is 0 Å². The number of nitrogens with one attached hydrogen (secondary N) is 1. The van der Waals surface area contributed by atoms with Gasteiger partial charge in [0.1, 0.15) is 0 Å². The summed E-state index contributed by atoms with van der Waals surface area (Å²) >= 11 is 1.36. The first kappa shape index (κ1) is 26.6. The number of carbonyl (C=O) groups excluding carboxylic acids is 1. The smallest absolute Gasteiger partial charge is 0.271 e. The number of benzene rings is 3. The molecule has 0 aliphatic carbocycles. The summed E-state index contributed by atoms with van der Waals surface area (Å²) in [6.07, 6.45) is 1.91. The molecule has 4 aromatic rings. The maximum atomic E-state index is 13.9. The molecule has 1 unspecified atom stereocenters. The van der Waals surface area contributed by atoms with Crippen molar-refractivity contribution in [3.05, 3.63) is 132 Å². The van der Waals surface area contributed by atoms with Crippen molar-refractivity contribution >= 4 is 29.0 Å². The molecule has 1 aliphatic heterocycles. The minimum atomic E-state index is -0.586. The summed E-state index contributed by atoms with van der Waals surface area (Å²) in [7, 11) is 0. The maximum Gasteiger partial charge on any atom is 0.271 e. The van der Waals surface area contributed by atoms with Gasteiger partial charge in [-0.3, -0.25) is 14.2 Å². The number of hydrogen-bond acceptors (Lipinski definition) is 4. The van der Waals surface area contributed by atoms with Crippen LogP contribution in [0.15, 0.2) is 99.9 Å². The molecule has 0 radical (unpaired) electrons. The Morgan fingerprint density at radius 2 is 1.49 bits per heavy atom. The number of amides is 1. The third kappa shape index (κ3) is 5.43. The lowest BCUT2D eigenvalue weighted by molar-refractivity contribution is -0.113. The normalized spacial score (nSPS) is 15.5. The van der Waals surface area contributed by atoms with Gasteiger partial charge < -0.3 is 5.32 Å². The fraction of sp³-hybridized carbons (Fsp3) is 0.242. The molecule has 6 heteroatoms. The molecule has 0 spiro atoms. The van der Waals surface area contributed by atoms with Crippen LogP contribution in [0.2, 0.25) is 0 Å². The van der Waals surface area contributed by atoms with Crippen molar-refractivity contribution in [3.63, 3.8) is 0 Å². The molecular weight excluding hydrogens is 502 g/mol. The third-order valence-corrected chi connectivity index (χ3v) is 8.10. The number of aromatic nitrogens is 1. The van der Waals surface area contributed by atoms with E-state index in [0.29, 0.717) is 38.1 Å². The second-order valence-electron chi connectivity index (χ2n) is 10.5. The number of anilines is 1. The number of thiazole rings is 1. The summed E-state index contributed by atoms with van der Waals surface area (Å²) in [5.41, 5.74) is 5.91. The number of nitrogens with zero attached hydrogens (tertiary/aromatic N) is 2. The minimum Gasteiger partial charge on any atom is -0.322 e. The standard InChI is InChI=1S/C33H33N3O2S/c1-20(2)24-13-11-23(12-14-24)19-28-32(38)36-30(26-17-15-25(16-18-26)21(3)4)29(22(5)34-33(36)39-28)31(37)35-27-9-7-6-8-10-27/h6-21,30H,1-5H3,(H,35,37)/b28-19-. The van der Waals surface area contributed by atoms with E-state index in [1.807, 2.05) is 67.6 Å². The zero-order valence-corrected chi connectivity index (χ0v) is 23.8. The first-order chi connectivity index (χ1) is 18.7. The van der Waals surface area contributed by atoms with Gasteiger partial charge in [-0.15, -0.1) is 0 Å². The van der Waals surface area contributed by atoms with Gasteiger partial charge in [-0.05, 0) is 59.2 Å². The van der Waals surface area contributed by atoms with Crippen molar-refractivity contribution in [2.24, 2.45) is 4.99 Å². The highest BCUT2D eigenvalue weighted by Crippen LogP contribution is 2.31.